The monoisotopic (exact) mass is 336 g/mol. The van der Waals surface area contributed by atoms with E-state index in [4.69, 9.17) is 10.5 Å². The van der Waals surface area contributed by atoms with E-state index in [1.54, 1.807) is 0 Å². The van der Waals surface area contributed by atoms with Gasteiger partial charge in [-0.2, -0.15) is 0 Å². The van der Waals surface area contributed by atoms with Gasteiger partial charge in [0.1, 0.15) is 12.1 Å². The fourth-order valence-corrected chi connectivity index (χ4v) is 3.90. The van der Waals surface area contributed by atoms with E-state index in [0.717, 1.165) is 28.7 Å². The molecule has 1 heterocycles. The lowest BCUT2D eigenvalue weighted by molar-refractivity contribution is -0.134. The molecule has 0 bridgehead atoms. The largest absolute Gasteiger partial charge is 0.368 e. The second-order valence-corrected chi connectivity index (χ2v) is 6.54. The maximum absolute atomic E-state index is 12.5. The van der Waals surface area contributed by atoms with Gasteiger partial charge < -0.3 is 15.8 Å². The molecule has 0 unspecified atom stereocenters. The Kier molecular flexibility index (Phi) is 4.01. The van der Waals surface area contributed by atoms with Crippen molar-refractivity contribution in [3.05, 3.63) is 59.7 Å². The number of carbonyl (C=O) groups excluding carboxylic acids is 2. The number of ether oxygens (including phenoxy) is 1. The molecule has 1 saturated heterocycles. The molecule has 0 radical (unpaired) electrons. The normalized spacial score (nSPS) is 19.9. The molecule has 0 spiro atoms. The van der Waals surface area contributed by atoms with Gasteiger partial charge in [0.25, 0.3) is 0 Å². The maximum Gasteiger partial charge on any atom is 0.249 e. The number of carbonyl (C=O) groups is 2. The molecule has 0 aromatic heterocycles. The van der Waals surface area contributed by atoms with Crippen LogP contribution in [0.2, 0.25) is 0 Å². The molecule has 2 amide bonds. The smallest absolute Gasteiger partial charge is 0.249 e. The van der Waals surface area contributed by atoms with Crippen molar-refractivity contribution in [2.75, 3.05) is 6.61 Å². The van der Waals surface area contributed by atoms with Crippen LogP contribution >= 0.6 is 0 Å². The predicted octanol–water partition coefficient (Wildman–Crippen LogP) is 1.95. The summed E-state index contributed by atoms with van der Waals surface area (Å²) in [4.78, 5) is 24.7. The van der Waals surface area contributed by atoms with Gasteiger partial charge in [0, 0.05) is 12.5 Å². The van der Waals surface area contributed by atoms with Gasteiger partial charge in [0.2, 0.25) is 11.8 Å². The van der Waals surface area contributed by atoms with E-state index in [1.165, 1.54) is 0 Å². The zero-order valence-corrected chi connectivity index (χ0v) is 13.8. The summed E-state index contributed by atoms with van der Waals surface area (Å²) < 4.78 is 5.43. The molecule has 1 aliphatic carbocycles. The van der Waals surface area contributed by atoms with Crippen LogP contribution in [0.25, 0.3) is 11.1 Å². The lowest BCUT2D eigenvalue weighted by Gasteiger charge is -2.25. The van der Waals surface area contributed by atoms with Crippen molar-refractivity contribution in [3.8, 4) is 11.1 Å². The zero-order valence-electron chi connectivity index (χ0n) is 13.8. The number of primary amides is 1. The quantitative estimate of drug-likeness (QED) is 0.895. The highest BCUT2D eigenvalue weighted by molar-refractivity contribution is 5.92. The number of rotatable bonds is 4. The van der Waals surface area contributed by atoms with E-state index < -0.39 is 18.1 Å². The van der Waals surface area contributed by atoms with Gasteiger partial charge in [-0.1, -0.05) is 48.5 Å². The minimum Gasteiger partial charge on any atom is -0.368 e. The molecule has 2 aliphatic rings. The Bertz CT molecular complexity index is 782. The van der Waals surface area contributed by atoms with Crippen molar-refractivity contribution in [1.29, 1.82) is 0 Å². The Morgan fingerprint density at radius 3 is 2.16 bits per heavy atom. The Labute approximate surface area is 146 Å². The highest BCUT2D eigenvalue weighted by atomic mass is 16.5. The van der Waals surface area contributed by atoms with Crippen LogP contribution < -0.4 is 11.1 Å². The van der Waals surface area contributed by atoms with E-state index >= 15 is 0 Å². The van der Waals surface area contributed by atoms with Crippen molar-refractivity contribution >= 4 is 11.8 Å². The molecule has 2 atom stereocenters. The van der Waals surface area contributed by atoms with Crippen LogP contribution in [-0.4, -0.2) is 30.6 Å². The molecule has 5 heteroatoms. The standard InChI is InChI=1S/C20H20N2O3/c21-19(23)18(22-20(24)16-10-5-11-25-16)17-14-8-3-1-6-12(14)13-7-2-4-9-15(13)17/h1-4,6-9,16-18H,5,10-11H2,(H2,21,23)(H,22,24)/t16-,18+/m0/s1. The van der Waals surface area contributed by atoms with Gasteiger partial charge >= 0.3 is 0 Å². The van der Waals surface area contributed by atoms with E-state index in [2.05, 4.69) is 5.32 Å². The summed E-state index contributed by atoms with van der Waals surface area (Å²) in [5.74, 6) is -1.08. The van der Waals surface area contributed by atoms with Gasteiger partial charge in [-0.05, 0) is 35.1 Å². The molecule has 2 aromatic carbocycles. The van der Waals surface area contributed by atoms with Gasteiger partial charge in [-0.15, -0.1) is 0 Å². The molecule has 4 rings (SSSR count). The molecular weight excluding hydrogens is 316 g/mol. The lowest BCUT2D eigenvalue weighted by Crippen LogP contribution is -2.51. The number of nitrogens with one attached hydrogen (secondary N) is 1. The molecule has 128 valence electrons. The lowest BCUT2D eigenvalue weighted by atomic mass is 9.88. The Morgan fingerprint density at radius 2 is 1.64 bits per heavy atom. The fraction of sp³-hybridized carbons (Fsp3) is 0.300. The fourth-order valence-electron chi connectivity index (χ4n) is 3.90. The van der Waals surface area contributed by atoms with Crippen molar-refractivity contribution in [3.63, 3.8) is 0 Å². The highest BCUT2D eigenvalue weighted by Gasteiger charge is 2.39. The number of nitrogens with two attached hydrogens (primary N) is 1. The van der Waals surface area contributed by atoms with Crippen LogP contribution in [0.15, 0.2) is 48.5 Å². The van der Waals surface area contributed by atoms with Gasteiger partial charge in [-0.3, -0.25) is 9.59 Å². The van der Waals surface area contributed by atoms with Crippen LogP contribution in [0.3, 0.4) is 0 Å². The van der Waals surface area contributed by atoms with E-state index in [1.807, 2.05) is 48.5 Å². The van der Waals surface area contributed by atoms with Gasteiger partial charge in [-0.25, -0.2) is 0 Å². The summed E-state index contributed by atoms with van der Waals surface area (Å²) in [6.45, 7) is 0.578. The summed E-state index contributed by atoms with van der Waals surface area (Å²) in [5, 5.41) is 2.84. The van der Waals surface area contributed by atoms with Crippen molar-refractivity contribution in [2.45, 2.75) is 30.9 Å². The summed E-state index contributed by atoms with van der Waals surface area (Å²) in [6, 6.07) is 15.1. The predicted molar refractivity (Wildman–Crippen MR) is 93.8 cm³/mol. The van der Waals surface area contributed by atoms with Crippen LogP contribution in [0.1, 0.15) is 29.9 Å². The Balaban J connectivity index is 1.72. The zero-order chi connectivity index (χ0) is 17.4. The molecule has 1 fully saturated rings. The van der Waals surface area contributed by atoms with Crippen LogP contribution in [0.5, 0.6) is 0 Å². The molecule has 5 nitrogen and oxygen atoms in total. The summed E-state index contributed by atoms with van der Waals surface area (Å²) in [6.07, 6.45) is 1.04. The maximum atomic E-state index is 12.5. The second kappa shape index (κ2) is 6.33. The van der Waals surface area contributed by atoms with Crippen LogP contribution in [-0.2, 0) is 14.3 Å². The third kappa shape index (κ3) is 2.70. The summed E-state index contributed by atoms with van der Waals surface area (Å²) in [5.41, 5.74) is 9.88. The van der Waals surface area contributed by atoms with E-state index in [9.17, 15) is 9.59 Å². The number of fused-ring (bicyclic) bond motifs is 3. The van der Waals surface area contributed by atoms with Crippen molar-refractivity contribution in [1.82, 2.24) is 5.32 Å². The Morgan fingerprint density at radius 1 is 1.04 bits per heavy atom. The van der Waals surface area contributed by atoms with Crippen molar-refractivity contribution in [2.24, 2.45) is 5.73 Å². The van der Waals surface area contributed by atoms with Crippen LogP contribution in [0.4, 0.5) is 0 Å². The average molecular weight is 336 g/mol. The van der Waals surface area contributed by atoms with Crippen molar-refractivity contribution < 1.29 is 14.3 Å². The number of hydrogen-bond donors (Lipinski definition) is 2. The molecule has 0 saturated carbocycles. The minimum absolute atomic E-state index is 0.261. The summed E-state index contributed by atoms with van der Waals surface area (Å²) >= 11 is 0. The first-order chi connectivity index (χ1) is 12.2. The SMILES string of the molecule is NC(=O)[C@H](NC(=O)[C@@H]1CCCO1)C1c2ccccc2-c2ccccc21. The topological polar surface area (TPSA) is 81.4 Å². The molecule has 2 aromatic rings. The van der Waals surface area contributed by atoms with E-state index in [-0.39, 0.29) is 11.8 Å². The molecular formula is C20H20N2O3. The third-order valence-corrected chi connectivity index (χ3v) is 5.04. The molecule has 3 N–H and O–H groups in total. The average Bonchev–Trinajstić information content (AvgIpc) is 3.26. The van der Waals surface area contributed by atoms with Gasteiger partial charge in [0.05, 0.1) is 0 Å². The number of hydrogen-bond acceptors (Lipinski definition) is 3. The first-order valence-corrected chi connectivity index (χ1v) is 8.56. The first kappa shape index (κ1) is 15.8. The minimum atomic E-state index is -0.804. The number of benzene rings is 2. The van der Waals surface area contributed by atoms with Gasteiger partial charge in [0.15, 0.2) is 0 Å². The number of amides is 2. The van der Waals surface area contributed by atoms with E-state index in [0.29, 0.717) is 13.0 Å². The molecule has 1 aliphatic heterocycles. The molecule has 25 heavy (non-hydrogen) atoms. The van der Waals surface area contributed by atoms with Crippen LogP contribution in [0, 0.1) is 0 Å². The first-order valence-electron chi connectivity index (χ1n) is 8.56. The Hall–Kier alpha value is -2.66. The highest BCUT2D eigenvalue weighted by Crippen LogP contribution is 2.46. The summed E-state index contributed by atoms with van der Waals surface area (Å²) in [7, 11) is 0. The second-order valence-electron chi connectivity index (χ2n) is 6.54. The third-order valence-electron chi connectivity index (χ3n) is 5.04.